The van der Waals surface area contributed by atoms with E-state index in [0.717, 1.165) is 0 Å². The molecule has 2 N–H and O–H groups in total. The third kappa shape index (κ3) is 3.93. The van der Waals surface area contributed by atoms with E-state index in [9.17, 15) is 18.0 Å². The maximum Gasteiger partial charge on any atom is 0.449 e. The molecular weight excluding hydrogens is 408 g/mol. The minimum absolute atomic E-state index is 0.0104. The van der Waals surface area contributed by atoms with Crippen molar-refractivity contribution in [2.24, 2.45) is 0 Å². The van der Waals surface area contributed by atoms with E-state index in [1.165, 1.54) is 31.6 Å². The minimum Gasteiger partial charge on any atom is -0.494 e. The quantitative estimate of drug-likeness (QED) is 0.654. The van der Waals surface area contributed by atoms with Crippen LogP contribution in [0.5, 0.6) is 5.75 Å². The first-order valence-corrected chi connectivity index (χ1v) is 8.18. The zero-order chi connectivity index (χ0) is 19.8. The van der Waals surface area contributed by atoms with Gasteiger partial charge in [-0.15, -0.1) is 0 Å². The first-order valence-electron chi connectivity index (χ1n) is 7.42. The van der Waals surface area contributed by atoms with Crippen molar-refractivity contribution in [3.8, 4) is 5.75 Å². The number of nitrogens with zero attached hydrogens (tertiary/aromatic N) is 2. The standard InChI is InChI=1S/C16H11Cl2F3N4O2/c1-27-10-3-2-7(12-14(10)25-15(24-12)16(19,20)21)4-11(26)23-13-8(17)5-22-6-9(13)18/h2-3,5-6H,4H2,1H3,(H,24,25)(H,22,23,26). The lowest BCUT2D eigenvalue weighted by molar-refractivity contribution is -0.144. The van der Waals surface area contributed by atoms with Gasteiger partial charge < -0.3 is 15.0 Å². The maximum absolute atomic E-state index is 13.0. The second-order valence-corrected chi connectivity index (χ2v) is 6.25. The molecule has 0 saturated heterocycles. The summed E-state index contributed by atoms with van der Waals surface area (Å²) in [6, 6.07) is 2.92. The molecule has 0 spiro atoms. The third-order valence-corrected chi connectivity index (χ3v) is 4.22. The fourth-order valence-corrected chi connectivity index (χ4v) is 2.92. The van der Waals surface area contributed by atoms with E-state index >= 15 is 0 Å². The Hall–Kier alpha value is -2.52. The molecule has 2 heterocycles. The van der Waals surface area contributed by atoms with Gasteiger partial charge >= 0.3 is 6.18 Å². The van der Waals surface area contributed by atoms with Crippen LogP contribution in [0.15, 0.2) is 24.5 Å². The number of aromatic nitrogens is 3. The number of amides is 1. The van der Waals surface area contributed by atoms with Gasteiger partial charge in [0.05, 0.1) is 34.8 Å². The van der Waals surface area contributed by atoms with Crippen molar-refractivity contribution < 1.29 is 22.7 Å². The summed E-state index contributed by atoms with van der Waals surface area (Å²) in [6.45, 7) is 0. The summed E-state index contributed by atoms with van der Waals surface area (Å²) in [6.07, 6.45) is -2.31. The van der Waals surface area contributed by atoms with Gasteiger partial charge in [-0.05, 0) is 11.6 Å². The number of pyridine rings is 1. The molecule has 0 aliphatic carbocycles. The SMILES string of the molecule is COc1ccc(CC(=O)Nc2c(Cl)cncc2Cl)c2nc(C(F)(F)F)[nH]c12. The average Bonchev–Trinajstić information content (AvgIpc) is 3.05. The van der Waals surface area contributed by atoms with Gasteiger partial charge in [0.1, 0.15) is 11.3 Å². The molecule has 0 radical (unpaired) electrons. The molecule has 0 bridgehead atoms. The van der Waals surface area contributed by atoms with Gasteiger partial charge in [-0.25, -0.2) is 4.98 Å². The number of carbonyl (C=O) groups excluding carboxylic acids is 1. The van der Waals surface area contributed by atoms with Crippen molar-refractivity contribution >= 4 is 45.8 Å². The summed E-state index contributed by atoms with van der Waals surface area (Å²) in [4.78, 5) is 21.9. The number of anilines is 1. The molecule has 0 unspecified atom stereocenters. The Balaban J connectivity index is 1.95. The van der Waals surface area contributed by atoms with E-state index in [0.29, 0.717) is 0 Å². The number of aromatic amines is 1. The first-order chi connectivity index (χ1) is 12.7. The van der Waals surface area contributed by atoms with Gasteiger partial charge in [-0.2, -0.15) is 13.2 Å². The van der Waals surface area contributed by atoms with Gasteiger partial charge in [-0.1, -0.05) is 29.3 Å². The first kappa shape index (κ1) is 19.2. The number of methoxy groups -OCH3 is 1. The lowest BCUT2D eigenvalue weighted by atomic mass is 10.1. The van der Waals surface area contributed by atoms with E-state index in [1.807, 2.05) is 0 Å². The molecule has 142 valence electrons. The summed E-state index contributed by atoms with van der Waals surface area (Å²) in [5, 5.41) is 2.79. The largest absolute Gasteiger partial charge is 0.494 e. The number of alkyl halides is 3. The van der Waals surface area contributed by atoms with Crippen LogP contribution in [0.2, 0.25) is 10.0 Å². The van der Waals surface area contributed by atoms with Crippen LogP contribution in [-0.4, -0.2) is 28.0 Å². The van der Waals surface area contributed by atoms with E-state index in [4.69, 9.17) is 27.9 Å². The Morgan fingerprint density at radius 3 is 2.52 bits per heavy atom. The number of rotatable bonds is 4. The lowest BCUT2D eigenvalue weighted by Gasteiger charge is -2.09. The second kappa shape index (κ2) is 7.24. The summed E-state index contributed by atoms with van der Waals surface area (Å²) in [5.41, 5.74) is 0.483. The topological polar surface area (TPSA) is 79.9 Å². The van der Waals surface area contributed by atoms with Gasteiger partial charge in [0.25, 0.3) is 0 Å². The van der Waals surface area contributed by atoms with Crippen molar-refractivity contribution in [2.45, 2.75) is 12.6 Å². The number of halogens is 5. The van der Waals surface area contributed by atoms with Gasteiger partial charge in [0, 0.05) is 12.4 Å². The monoisotopic (exact) mass is 418 g/mol. The normalized spacial score (nSPS) is 11.6. The maximum atomic E-state index is 13.0. The highest BCUT2D eigenvalue weighted by Gasteiger charge is 2.35. The zero-order valence-electron chi connectivity index (χ0n) is 13.6. The van der Waals surface area contributed by atoms with E-state index in [-0.39, 0.29) is 44.5 Å². The third-order valence-electron chi connectivity index (χ3n) is 3.65. The Morgan fingerprint density at radius 1 is 1.26 bits per heavy atom. The number of nitrogens with one attached hydrogen (secondary N) is 2. The lowest BCUT2D eigenvalue weighted by Crippen LogP contribution is -2.15. The van der Waals surface area contributed by atoms with Crippen LogP contribution in [0.3, 0.4) is 0 Å². The summed E-state index contributed by atoms with van der Waals surface area (Å²) in [5.74, 6) is -1.53. The van der Waals surface area contributed by atoms with Gasteiger partial charge in [-0.3, -0.25) is 9.78 Å². The van der Waals surface area contributed by atoms with Crippen molar-refractivity contribution in [1.82, 2.24) is 15.0 Å². The molecule has 1 amide bonds. The minimum atomic E-state index is -4.67. The predicted octanol–water partition coefficient (Wildman–Crippen LogP) is 4.47. The highest BCUT2D eigenvalue weighted by molar-refractivity contribution is 6.39. The zero-order valence-corrected chi connectivity index (χ0v) is 15.1. The molecule has 3 aromatic rings. The van der Waals surface area contributed by atoms with Crippen LogP contribution in [0.1, 0.15) is 11.4 Å². The fourth-order valence-electron chi connectivity index (χ4n) is 2.46. The van der Waals surface area contributed by atoms with Gasteiger partial charge in [0.2, 0.25) is 11.7 Å². The highest BCUT2D eigenvalue weighted by atomic mass is 35.5. The Bertz CT molecular complexity index is 1000. The molecule has 11 heteroatoms. The molecule has 0 fully saturated rings. The van der Waals surface area contributed by atoms with Crippen LogP contribution < -0.4 is 10.1 Å². The molecule has 6 nitrogen and oxygen atoms in total. The van der Waals surface area contributed by atoms with Crippen LogP contribution in [0.4, 0.5) is 18.9 Å². The van der Waals surface area contributed by atoms with Crippen molar-refractivity contribution in [2.75, 3.05) is 12.4 Å². The number of benzene rings is 1. The molecule has 2 aromatic heterocycles. The molecule has 27 heavy (non-hydrogen) atoms. The number of hydrogen-bond donors (Lipinski definition) is 2. The number of imidazole rings is 1. The van der Waals surface area contributed by atoms with E-state index < -0.39 is 17.9 Å². The molecule has 1 aromatic carbocycles. The average molecular weight is 419 g/mol. The number of ether oxygens (including phenoxy) is 1. The van der Waals surface area contributed by atoms with Crippen LogP contribution >= 0.6 is 23.2 Å². The summed E-state index contributed by atoms with van der Waals surface area (Å²) >= 11 is 11.9. The number of fused-ring (bicyclic) bond motifs is 1. The van der Waals surface area contributed by atoms with Crippen LogP contribution in [-0.2, 0) is 17.4 Å². The van der Waals surface area contributed by atoms with Crippen molar-refractivity contribution in [3.05, 3.63) is 46.0 Å². The summed E-state index contributed by atoms with van der Waals surface area (Å²) in [7, 11) is 1.32. The van der Waals surface area contributed by atoms with Crippen LogP contribution in [0, 0.1) is 0 Å². The molecule has 0 saturated carbocycles. The second-order valence-electron chi connectivity index (χ2n) is 5.44. The van der Waals surface area contributed by atoms with E-state index in [2.05, 4.69) is 20.3 Å². The summed E-state index contributed by atoms with van der Waals surface area (Å²) < 4.78 is 44.0. The molecule has 0 aliphatic rings. The van der Waals surface area contributed by atoms with Crippen molar-refractivity contribution in [1.29, 1.82) is 0 Å². The van der Waals surface area contributed by atoms with Crippen LogP contribution in [0.25, 0.3) is 11.0 Å². The Morgan fingerprint density at radius 2 is 1.93 bits per heavy atom. The molecule has 0 atom stereocenters. The smallest absolute Gasteiger partial charge is 0.449 e. The molecule has 0 aliphatic heterocycles. The van der Waals surface area contributed by atoms with Gasteiger partial charge in [0.15, 0.2) is 0 Å². The highest BCUT2D eigenvalue weighted by Crippen LogP contribution is 2.34. The van der Waals surface area contributed by atoms with Crippen molar-refractivity contribution in [3.63, 3.8) is 0 Å². The Kier molecular flexibility index (Phi) is 5.16. The number of carbonyl (C=O) groups is 1. The number of H-pyrrole nitrogens is 1. The molecular formula is C16H11Cl2F3N4O2. The fraction of sp³-hybridized carbons (Fsp3) is 0.188. The Labute approximate surface area is 160 Å². The van der Waals surface area contributed by atoms with E-state index in [1.54, 1.807) is 0 Å². The predicted molar refractivity (Wildman–Crippen MR) is 94.2 cm³/mol. The number of hydrogen-bond acceptors (Lipinski definition) is 4. The molecule has 3 rings (SSSR count).